The average molecular weight is 348 g/mol. The van der Waals surface area contributed by atoms with E-state index in [2.05, 4.69) is 12.2 Å². The molecule has 0 unspecified atom stereocenters. The van der Waals surface area contributed by atoms with Gasteiger partial charge in [0.25, 0.3) is 0 Å². The van der Waals surface area contributed by atoms with Gasteiger partial charge >= 0.3 is 0 Å². The lowest BCUT2D eigenvalue weighted by molar-refractivity contribution is -0.137. The number of nitrogens with zero attached hydrogens (tertiary/aromatic N) is 2. The Labute approximate surface area is 144 Å². The minimum absolute atomic E-state index is 0.0230. The second-order valence-corrected chi connectivity index (χ2v) is 8.42. The second-order valence-electron chi connectivity index (χ2n) is 6.45. The molecule has 2 aliphatic rings. The number of hydrogen-bond donors (Lipinski definition) is 0. The van der Waals surface area contributed by atoms with E-state index in [1.54, 1.807) is 0 Å². The number of piperazine rings is 1. The number of sulfonamides is 1. The first kappa shape index (κ1) is 17.2. The van der Waals surface area contributed by atoms with Gasteiger partial charge in [-0.3, -0.25) is 4.79 Å². The molecule has 1 fully saturated rings. The number of hydrogen-bond acceptors (Lipinski definition) is 3. The van der Waals surface area contributed by atoms with Gasteiger partial charge in [0.2, 0.25) is 15.9 Å². The highest BCUT2D eigenvalue weighted by Crippen LogP contribution is 2.22. The monoisotopic (exact) mass is 348 g/mol. The molecule has 0 aromatic heterocycles. The normalized spacial score (nSPS) is 22.5. The molecule has 0 radical (unpaired) electrons. The van der Waals surface area contributed by atoms with Crippen molar-refractivity contribution in [2.24, 2.45) is 5.92 Å². The van der Waals surface area contributed by atoms with Crippen LogP contribution in [0.25, 0.3) is 0 Å². The maximum atomic E-state index is 12.5. The van der Waals surface area contributed by atoms with Crippen LogP contribution < -0.4 is 0 Å². The van der Waals surface area contributed by atoms with Gasteiger partial charge in [-0.2, -0.15) is 4.31 Å². The fraction of sp³-hybridized carbons (Fsp3) is 0.500. The lowest BCUT2D eigenvalue weighted by Gasteiger charge is -2.36. The van der Waals surface area contributed by atoms with Gasteiger partial charge in [0.1, 0.15) is 0 Å². The number of rotatable bonds is 4. The summed E-state index contributed by atoms with van der Waals surface area (Å²) in [6.07, 6.45) is 6.87. The van der Waals surface area contributed by atoms with Crippen LogP contribution in [0.3, 0.4) is 0 Å². The molecule has 1 saturated heterocycles. The molecule has 0 saturated carbocycles. The van der Waals surface area contributed by atoms with Crippen LogP contribution in [0.2, 0.25) is 0 Å². The van der Waals surface area contributed by atoms with Gasteiger partial charge in [0.05, 0.1) is 5.75 Å². The minimum Gasteiger partial charge on any atom is -0.340 e. The molecule has 0 N–H and O–H groups in total. The Bertz CT molecular complexity index is 692. The second kappa shape index (κ2) is 7.49. The van der Waals surface area contributed by atoms with E-state index < -0.39 is 10.0 Å². The molecule has 0 spiro atoms. The summed E-state index contributed by atoms with van der Waals surface area (Å²) in [5, 5.41) is 0. The third-order valence-electron chi connectivity index (χ3n) is 4.75. The third kappa shape index (κ3) is 4.05. The van der Waals surface area contributed by atoms with Crippen LogP contribution in [-0.2, 0) is 20.6 Å². The van der Waals surface area contributed by atoms with Crippen molar-refractivity contribution in [2.45, 2.75) is 25.0 Å². The SMILES string of the molecule is O=C([C@@H]1CC=CCC1)N1CCN(S(=O)(=O)Cc2ccccc2)CC1. The van der Waals surface area contributed by atoms with Crippen LogP contribution in [0.1, 0.15) is 24.8 Å². The molecule has 5 nitrogen and oxygen atoms in total. The standard InChI is InChI=1S/C18H24N2O3S/c21-18(17-9-5-2-6-10-17)19-11-13-20(14-12-19)24(22,23)15-16-7-3-1-4-8-16/h1-5,7-8,17H,6,9-15H2/t17-/m1/s1. The van der Waals surface area contributed by atoms with E-state index in [-0.39, 0.29) is 17.6 Å². The lowest BCUT2D eigenvalue weighted by atomic mass is 9.93. The first-order valence-electron chi connectivity index (χ1n) is 8.52. The smallest absolute Gasteiger partial charge is 0.226 e. The van der Waals surface area contributed by atoms with Crippen molar-refractivity contribution in [3.05, 3.63) is 48.0 Å². The van der Waals surface area contributed by atoms with E-state index in [4.69, 9.17) is 0 Å². The molecule has 3 rings (SSSR count). The van der Waals surface area contributed by atoms with Gasteiger partial charge < -0.3 is 4.90 Å². The largest absolute Gasteiger partial charge is 0.340 e. The predicted octanol–water partition coefficient (Wildman–Crippen LogP) is 2.02. The number of carbonyl (C=O) groups is 1. The quantitative estimate of drug-likeness (QED) is 0.782. The zero-order valence-electron chi connectivity index (χ0n) is 13.8. The summed E-state index contributed by atoms with van der Waals surface area (Å²) >= 11 is 0. The maximum absolute atomic E-state index is 12.5. The zero-order chi connectivity index (χ0) is 17.0. The summed E-state index contributed by atoms with van der Waals surface area (Å²) in [6.45, 7) is 1.77. The van der Waals surface area contributed by atoms with Gasteiger partial charge in [0, 0.05) is 32.1 Å². The summed E-state index contributed by atoms with van der Waals surface area (Å²) in [7, 11) is -3.33. The fourth-order valence-corrected chi connectivity index (χ4v) is 4.85. The Morgan fingerprint density at radius 3 is 2.38 bits per heavy atom. The van der Waals surface area contributed by atoms with E-state index >= 15 is 0 Å². The maximum Gasteiger partial charge on any atom is 0.226 e. The van der Waals surface area contributed by atoms with E-state index in [0.29, 0.717) is 26.2 Å². The van der Waals surface area contributed by atoms with Gasteiger partial charge in [-0.15, -0.1) is 0 Å². The highest BCUT2D eigenvalue weighted by atomic mass is 32.2. The molecule has 1 aliphatic carbocycles. The third-order valence-corrected chi connectivity index (χ3v) is 6.60. The topological polar surface area (TPSA) is 57.7 Å². The number of allylic oxidation sites excluding steroid dienone is 2. The van der Waals surface area contributed by atoms with Crippen molar-refractivity contribution in [1.29, 1.82) is 0 Å². The Morgan fingerprint density at radius 1 is 1.04 bits per heavy atom. The zero-order valence-corrected chi connectivity index (χ0v) is 14.6. The van der Waals surface area contributed by atoms with Gasteiger partial charge in [0.15, 0.2) is 0 Å². The Kier molecular flexibility index (Phi) is 5.36. The molecule has 130 valence electrons. The molecule has 1 heterocycles. The average Bonchev–Trinajstić information content (AvgIpc) is 2.62. The van der Waals surface area contributed by atoms with Crippen molar-refractivity contribution >= 4 is 15.9 Å². The minimum atomic E-state index is -3.33. The first-order valence-corrected chi connectivity index (χ1v) is 10.1. The summed E-state index contributed by atoms with van der Waals surface area (Å²) < 4.78 is 26.6. The fourth-order valence-electron chi connectivity index (χ4n) is 3.34. The molecule has 1 atom stereocenters. The highest BCUT2D eigenvalue weighted by molar-refractivity contribution is 7.88. The van der Waals surface area contributed by atoms with Crippen LogP contribution >= 0.6 is 0 Å². The van der Waals surface area contributed by atoms with Crippen LogP contribution in [0.15, 0.2) is 42.5 Å². The number of amides is 1. The van der Waals surface area contributed by atoms with E-state index in [1.807, 2.05) is 35.2 Å². The predicted molar refractivity (Wildman–Crippen MR) is 93.7 cm³/mol. The molecular formula is C18H24N2O3S. The summed E-state index contributed by atoms with van der Waals surface area (Å²) in [4.78, 5) is 14.4. The summed E-state index contributed by atoms with van der Waals surface area (Å²) in [5.74, 6) is 0.275. The molecule has 1 aliphatic heterocycles. The van der Waals surface area contributed by atoms with Crippen LogP contribution in [0.5, 0.6) is 0 Å². The van der Waals surface area contributed by atoms with Crippen LogP contribution in [-0.4, -0.2) is 49.7 Å². The highest BCUT2D eigenvalue weighted by Gasteiger charge is 2.31. The van der Waals surface area contributed by atoms with Gasteiger partial charge in [-0.05, 0) is 24.8 Å². The van der Waals surface area contributed by atoms with E-state index in [1.165, 1.54) is 4.31 Å². The Morgan fingerprint density at radius 2 is 1.75 bits per heavy atom. The summed E-state index contributed by atoms with van der Waals surface area (Å²) in [6, 6.07) is 9.23. The molecule has 6 heteroatoms. The lowest BCUT2D eigenvalue weighted by Crippen LogP contribution is -2.52. The van der Waals surface area contributed by atoms with Crippen LogP contribution in [0, 0.1) is 5.92 Å². The molecule has 0 bridgehead atoms. The van der Waals surface area contributed by atoms with Gasteiger partial charge in [-0.25, -0.2) is 8.42 Å². The van der Waals surface area contributed by atoms with Crippen molar-refractivity contribution in [2.75, 3.05) is 26.2 Å². The Balaban J connectivity index is 1.56. The van der Waals surface area contributed by atoms with E-state index in [0.717, 1.165) is 24.8 Å². The number of carbonyl (C=O) groups excluding carboxylic acids is 1. The Hall–Kier alpha value is -1.66. The number of benzene rings is 1. The molecule has 1 aromatic carbocycles. The van der Waals surface area contributed by atoms with E-state index in [9.17, 15) is 13.2 Å². The summed E-state index contributed by atoms with van der Waals surface area (Å²) in [5.41, 5.74) is 0.796. The molecule has 1 aromatic rings. The van der Waals surface area contributed by atoms with Crippen LogP contribution in [0.4, 0.5) is 0 Å². The van der Waals surface area contributed by atoms with Crippen molar-refractivity contribution in [3.63, 3.8) is 0 Å². The van der Waals surface area contributed by atoms with Crippen molar-refractivity contribution < 1.29 is 13.2 Å². The molecular weight excluding hydrogens is 324 g/mol. The molecule has 1 amide bonds. The molecule has 24 heavy (non-hydrogen) atoms. The first-order chi connectivity index (χ1) is 11.6. The van der Waals surface area contributed by atoms with Crippen molar-refractivity contribution in [3.8, 4) is 0 Å². The van der Waals surface area contributed by atoms with Crippen molar-refractivity contribution in [1.82, 2.24) is 9.21 Å². The van der Waals surface area contributed by atoms with Gasteiger partial charge in [-0.1, -0.05) is 42.5 Å².